The lowest BCUT2D eigenvalue weighted by atomic mass is 10.1. The molecule has 1 aromatic carbocycles. The van der Waals surface area contributed by atoms with Crippen molar-refractivity contribution in [2.24, 2.45) is 4.99 Å². The van der Waals surface area contributed by atoms with Crippen LogP contribution in [0.1, 0.15) is 30.4 Å². The fraction of sp³-hybridized carbons (Fsp3) is 0.667. The molecular formula is C21H33N3O3. The van der Waals surface area contributed by atoms with Crippen molar-refractivity contribution in [3.05, 3.63) is 29.3 Å². The van der Waals surface area contributed by atoms with E-state index in [-0.39, 0.29) is 12.2 Å². The number of hydrogen-bond donors (Lipinski definition) is 1. The van der Waals surface area contributed by atoms with E-state index in [0.29, 0.717) is 6.61 Å². The minimum absolute atomic E-state index is 0.146. The van der Waals surface area contributed by atoms with Crippen LogP contribution in [0.2, 0.25) is 0 Å². The van der Waals surface area contributed by atoms with Gasteiger partial charge in [-0.25, -0.2) is 0 Å². The van der Waals surface area contributed by atoms with E-state index in [1.807, 2.05) is 7.05 Å². The average Bonchev–Trinajstić information content (AvgIpc) is 3.21. The van der Waals surface area contributed by atoms with Crippen LogP contribution in [0, 0.1) is 13.8 Å². The third kappa shape index (κ3) is 5.36. The average molecular weight is 376 g/mol. The van der Waals surface area contributed by atoms with Gasteiger partial charge in [0.1, 0.15) is 11.9 Å². The Morgan fingerprint density at radius 1 is 1.22 bits per heavy atom. The SMILES string of the molecule is CN=C(NCCCOc1c(C)cccc1C)N1CCOC(C2CCCO2)C1. The van der Waals surface area contributed by atoms with E-state index in [9.17, 15) is 0 Å². The Bertz CT molecular complexity index is 609. The predicted octanol–water partition coefficient (Wildman–Crippen LogP) is 2.53. The van der Waals surface area contributed by atoms with E-state index in [1.54, 1.807) is 0 Å². The Morgan fingerprint density at radius 3 is 2.70 bits per heavy atom. The number of rotatable bonds is 6. The summed E-state index contributed by atoms with van der Waals surface area (Å²) < 4.78 is 17.7. The van der Waals surface area contributed by atoms with E-state index in [2.05, 4.69) is 47.3 Å². The fourth-order valence-corrected chi connectivity index (χ4v) is 3.79. The highest BCUT2D eigenvalue weighted by molar-refractivity contribution is 5.80. The van der Waals surface area contributed by atoms with Crippen molar-refractivity contribution in [1.29, 1.82) is 0 Å². The predicted molar refractivity (Wildman–Crippen MR) is 108 cm³/mol. The largest absolute Gasteiger partial charge is 0.493 e. The summed E-state index contributed by atoms with van der Waals surface area (Å²) >= 11 is 0. The van der Waals surface area contributed by atoms with Gasteiger partial charge in [-0.15, -0.1) is 0 Å². The molecule has 2 saturated heterocycles. The molecule has 1 aromatic rings. The molecule has 2 aliphatic heterocycles. The molecule has 2 atom stereocenters. The zero-order valence-corrected chi connectivity index (χ0v) is 16.9. The molecule has 0 amide bonds. The molecule has 0 aliphatic carbocycles. The summed E-state index contributed by atoms with van der Waals surface area (Å²) in [6.07, 6.45) is 3.54. The van der Waals surface area contributed by atoms with Gasteiger partial charge in [0, 0.05) is 33.3 Å². The molecule has 3 rings (SSSR count). The molecule has 0 aromatic heterocycles. The summed E-state index contributed by atoms with van der Waals surface area (Å²) in [5.74, 6) is 1.95. The van der Waals surface area contributed by atoms with Crippen LogP contribution in [0.4, 0.5) is 0 Å². The molecule has 0 spiro atoms. The quantitative estimate of drug-likeness (QED) is 0.470. The first-order chi connectivity index (χ1) is 13.2. The summed E-state index contributed by atoms with van der Waals surface area (Å²) in [6, 6.07) is 6.24. The highest BCUT2D eigenvalue weighted by Gasteiger charge is 2.32. The lowest BCUT2D eigenvalue weighted by Gasteiger charge is -2.37. The molecule has 0 radical (unpaired) electrons. The van der Waals surface area contributed by atoms with Gasteiger partial charge in [-0.05, 0) is 44.2 Å². The first kappa shape index (κ1) is 20.0. The van der Waals surface area contributed by atoms with E-state index < -0.39 is 0 Å². The summed E-state index contributed by atoms with van der Waals surface area (Å²) in [6.45, 7) is 8.98. The van der Waals surface area contributed by atoms with E-state index >= 15 is 0 Å². The summed E-state index contributed by atoms with van der Waals surface area (Å²) in [4.78, 5) is 6.73. The van der Waals surface area contributed by atoms with Crippen molar-refractivity contribution in [3.63, 3.8) is 0 Å². The molecule has 1 N–H and O–H groups in total. The Labute approximate surface area is 162 Å². The number of hydrogen-bond acceptors (Lipinski definition) is 4. The molecular weight excluding hydrogens is 342 g/mol. The summed E-state index contributed by atoms with van der Waals surface area (Å²) in [5, 5.41) is 3.47. The highest BCUT2D eigenvalue weighted by atomic mass is 16.5. The molecule has 2 unspecified atom stereocenters. The Kier molecular flexibility index (Phi) is 7.35. The van der Waals surface area contributed by atoms with Gasteiger partial charge in [0.25, 0.3) is 0 Å². The first-order valence-electron chi connectivity index (χ1n) is 10.1. The van der Waals surface area contributed by atoms with Crippen molar-refractivity contribution < 1.29 is 14.2 Å². The van der Waals surface area contributed by atoms with Gasteiger partial charge in [0.05, 0.1) is 19.3 Å². The molecule has 2 fully saturated rings. The van der Waals surface area contributed by atoms with Crippen LogP contribution in [0.5, 0.6) is 5.75 Å². The van der Waals surface area contributed by atoms with Gasteiger partial charge in [-0.3, -0.25) is 4.99 Å². The van der Waals surface area contributed by atoms with Crippen molar-refractivity contribution in [1.82, 2.24) is 10.2 Å². The second-order valence-electron chi connectivity index (χ2n) is 7.30. The van der Waals surface area contributed by atoms with E-state index in [0.717, 1.165) is 63.8 Å². The fourth-order valence-electron chi connectivity index (χ4n) is 3.79. The number of ether oxygens (including phenoxy) is 3. The monoisotopic (exact) mass is 375 g/mol. The maximum Gasteiger partial charge on any atom is 0.193 e. The summed E-state index contributed by atoms with van der Waals surface area (Å²) in [7, 11) is 1.84. The van der Waals surface area contributed by atoms with Crippen LogP contribution in [0.25, 0.3) is 0 Å². The van der Waals surface area contributed by atoms with Gasteiger partial charge < -0.3 is 24.4 Å². The van der Waals surface area contributed by atoms with Gasteiger partial charge >= 0.3 is 0 Å². The normalized spacial score (nSPS) is 23.5. The molecule has 2 aliphatic rings. The Morgan fingerprint density at radius 2 is 2.00 bits per heavy atom. The lowest BCUT2D eigenvalue weighted by Crippen LogP contribution is -2.53. The molecule has 150 valence electrons. The van der Waals surface area contributed by atoms with Gasteiger partial charge in [0.15, 0.2) is 5.96 Å². The Balaban J connectivity index is 1.41. The molecule has 0 bridgehead atoms. The molecule has 6 heteroatoms. The number of nitrogens with one attached hydrogen (secondary N) is 1. The van der Waals surface area contributed by atoms with Gasteiger partial charge in [0.2, 0.25) is 0 Å². The van der Waals surface area contributed by atoms with Gasteiger partial charge in [-0.2, -0.15) is 0 Å². The van der Waals surface area contributed by atoms with E-state index in [1.165, 1.54) is 11.1 Å². The van der Waals surface area contributed by atoms with Crippen LogP contribution in [0.3, 0.4) is 0 Å². The number of guanidine groups is 1. The van der Waals surface area contributed by atoms with Crippen molar-refractivity contribution in [3.8, 4) is 5.75 Å². The minimum atomic E-state index is 0.146. The molecule has 2 heterocycles. The number of nitrogens with zero attached hydrogens (tertiary/aromatic N) is 2. The Hall–Kier alpha value is -1.79. The minimum Gasteiger partial charge on any atom is -0.493 e. The third-order valence-electron chi connectivity index (χ3n) is 5.24. The number of morpholine rings is 1. The van der Waals surface area contributed by atoms with Crippen LogP contribution in [0.15, 0.2) is 23.2 Å². The van der Waals surface area contributed by atoms with Crippen molar-refractivity contribution >= 4 is 5.96 Å². The number of aryl methyl sites for hydroxylation is 2. The van der Waals surface area contributed by atoms with Crippen molar-refractivity contribution in [2.75, 3.05) is 46.5 Å². The number of para-hydroxylation sites is 1. The molecule has 0 saturated carbocycles. The standard InChI is InChI=1S/C21H33N3O3/c1-16-7-4-8-17(2)20(16)27-13-6-10-23-21(22-3)24-11-14-26-19(15-24)18-9-5-12-25-18/h4,7-8,18-19H,5-6,9-15H2,1-3H3,(H,22,23). The van der Waals surface area contributed by atoms with E-state index in [4.69, 9.17) is 14.2 Å². The highest BCUT2D eigenvalue weighted by Crippen LogP contribution is 2.22. The maximum absolute atomic E-state index is 5.98. The summed E-state index contributed by atoms with van der Waals surface area (Å²) in [5.41, 5.74) is 2.37. The molecule has 6 nitrogen and oxygen atoms in total. The maximum atomic E-state index is 5.98. The lowest BCUT2D eigenvalue weighted by molar-refractivity contribution is -0.0816. The van der Waals surface area contributed by atoms with Crippen LogP contribution < -0.4 is 10.1 Å². The second kappa shape index (κ2) is 9.95. The number of benzene rings is 1. The molecule has 27 heavy (non-hydrogen) atoms. The van der Waals surface area contributed by atoms with Crippen LogP contribution in [-0.4, -0.2) is 69.6 Å². The zero-order valence-electron chi connectivity index (χ0n) is 16.9. The smallest absolute Gasteiger partial charge is 0.193 e. The first-order valence-corrected chi connectivity index (χ1v) is 10.1. The topological polar surface area (TPSA) is 55.3 Å². The van der Waals surface area contributed by atoms with Gasteiger partial charge in [-0.1, -0.05) is 18.2 Å². The van der Waals surface area contributed by atoms with Crippen molar-refractivity contribution in [2.45, 2.75) is 45.3 Å². The second-order valence-corrected chi connectivity index (χ2v) is 7.30. The zero-order chi connectivity index (χ0) is 19.1. The third-order valence-corrected chi connectivity index (χ3v) is 5.24. The van der Waals surface area contributed by atoms with Crippen LogP contribution in [-0.2, 0) is 9.47 Å². The van der Waals surface area contributed by atoms with Crippen LogP contribution >= 0.6 is 0 Å². The number of aliphatic imine (C=N–C) groups is 1.